The van der Waals surface area contributed by atoms with E-state index in [0.29, 0.717) is 0 Å². The van der Waals surface area contributed by atoms with Gasteiger partial charge in [0.25, 0.3) is 0 Å². The molecule has 2 N–H and O–H groups in total. The van der Waals surface area contributed by atoms with Gasteiger partial charge in [-0.2, -0.15) is 0 Å². The van der Waals surface area contributed by atoms with Crippen LogP contribution in [0.4, 0.5) is 0 Å². The summed E-state index contributed by atoms with van der Waals surface area (Å²) in [5, 5.41) is 8.67. The maximum atomic E-state index is 10.8. The molecule has 0 aliphatic heterocycles. The van der Waals surface area contributed by atoms with Gasteiger partial charge in [0.05, 0.1) is 12.7 Å². The first-order chi connectivity index (χ1) is 11.0. The summed E-state index contributed by atoms with van der Waals surface area (Å²) in [6.07, 6.45) is 0. The summed E-state index contributed by atoms with van der Waals surface area (Å²) in [5.41, 5.74) is 1.56. The Morgan fingerprint density at radius 1 is 1.09 bits per heavy atom. The van der Waals surface area contributed by atoms with Gasteiger partial charge in [-0.15, -0.1) is 0 Å². The highest BCUT2D eigenvalue weighted by Crippen LogP contribution is 2.14. The molecule has 0 unspecified atom stereocenters. The van der Waals surface area contributed by atoms with Crippen molar-refractivity contribution in [3.05, 3.63) is 65.7 Å². The lowest BCUT2D eigenvalue weighted by atomic mass is 10.2. The number of ether oxygens (including phenoxy) is 1. The number of carbonyl (C=O) groups is 2. The van der Waals surface area contributed by atoms with Crippen LogP contribution in [0.5, 0.6) is 0 Å². The Balaban J connectivity index is 0.000000313. The molecule has 0 amide bonds. The van der Waals surface area contributed by atoms with Crippen LogP contribution >= 0.6 is 11.9 Å². The van der Waals surface area contributed by atoms with Crippen molar-refractivity contribution in [2.75, 3.05) is 13.7 Å². The quantitative estimate of drug-likeness (QED) is 0.647. The summed E-state index contributed by atoms with van der Waals surface area (Å²) in [6, 6.07) is 16.6. The van der Waals surface area contributed by atoms with Gasteiger partial charge in [-0.05, 0) is 43.1 Å². The zero-order valence-corrected chi connectivity index (χ0v) is 13.8. The topological polar surface area (TPSA) is 75.6 Å². The highest BCUT2D eigenvalue weighted by molar-refractivity contribution is 7.97. The molecule has 0 atom stereocenters. The van der Waals surface area contributed by atoms with E-state index < -0.39 is 5.97 Å². The van der Waals surface area contributed by atoms with Crippen LogP contribution in [0.2, 0.25) is 0 Å². The molecule has 122 valence electrons. The Kier molecular flexibility index (Phi) is 8.49. The molecule has 0 spiro atoms. The smallest absolute Gasteiger partial charge is 0.335 e. The van der Waals surface area contributed by atoms with Crippen molar-refractivity contribution in [1.29, 1.82) is 0 Å². The van der Waals surface area contributed by atoms with Crippen molar-refractivity contribution in [3.8, 4) is 0 Å². The molecular formula is C17H19NO4S. The van der Waals surface area contributed by atoms with E-state index in [9.17, 15) is 9.59 Å². The van der Waals surface area contributed by atoms with E-state index in [1.807, 2.05) is 18.2 Å². The predicted octanol–water partition coefficient (Wildman–Crippen LogP) is 3.15. The van der Waals surface area contributed by atoms with E-state index >= 15 is 0 Å². The van der Waals surface area contributed by atoms with E-state index in [2.05, 4.69) is 28.5 Å². The van der Waals surface area contributed by atoms with Gasteiger partial charge in [-0.25, -0.2) is 9.52 Å². The van der Waals surface area contributed by atoms with Crippen molar-refractivity contribution < 1.29 is 19.4 Å². The highest BCUT2D eigenvalue weighted by atomic mass is 32.2. The van der Waals surface area contributed by atoms with Gasteiger partial charge < -0.3 is 9.84 Å². The number of esters is 1. The summed E-state index contributed by atoms with van der Waals surface area (Å²) >= 11 is 1.24. The van der Waals surface area contributed by atoms with Gasteiger partial charge in [-0.3, -0.25) is 4.79 Å². The number of carboxylic acid groups (broad SMARTS) is 1. The molecule has 2 rings (SSSR count). The number of aryl methyl sites for hydroxylation is 1. The van der Waals surface area contributed by atoms with Crippen LogP contribution < -0.4 is 4.72 Å². The van der Waals surface area contributed by atoms with Gasteiger partial charge in [0.15, 0.2) is 0 Å². The number of aromatic carboxylic acids is 1. The van der Waals surface area contributed by atoms with Crippen LogP contribution in [0.1, 0.15) is 15.9 Å². The maximum absolute atomic E-state index is 10.8. The van der Waals surface area contributed by atoms with E-state index in [4.69, 9.17) is 5.11 Å². The van der Waals surface area contributed by atoms with Crippen molar-refractivity contribution in [1.82, 2.24) is 4.72 Å². The molecule has 6 heteroatoms. The zero-order chi connectivity index (χ0) is 17.1. The van der Waals surface area contributed by atoms with Crippen molar-refractivity contribution >= 4 is 23.9 Å². The molecule has 0 aliphatic rings. The Bertz CT molecular complexity index is 614. The minimum Gasteiger partial charge on any atom is -0.478 e. The Morgan fingerprint density at radius 3 is 2.13 bits per heavy atom. The molecule has 0 saturated heterocycles. The highest BCUT2D eigenvalue weighted by Gasteiger charge is 2.03. The SMILES string of the molecule is COC(=O)CNSc1ccc(C(=O)O)cc1.Cc1ccccc1. The minimum absolute atomic E-state index is 0.0991. The normalized spacial score (nSPS) is 9.48. The summed E-state index contributed by atoms with van der Waals surface area (Å²) in [5.74, 6) is -1.31. The first kappa shape index (κ1) is 18.7. The first-order valence-electron chi connectivity index (χ1n) is 6.84. The van der Waals surface area contributed by atoms with Crippen molar-refractivity contribution in [2.24, 2.45) is 0 Å². The summed E-state index contributed by atoms with van der Waals surface area (Å²) in [6.45, 7) is 2.18. The van der Waals surface area contributed by atoms with Gasteiger partial charge in [0, 0.05) is 4.90 Å². The predicted molar refractivity (Wildman–Crippen MR) is 90.5 cm³/mol. The third-order valence-electron chi connectivity index (χ3n) is 2.68. The largest absolute Gasteiger partial charge is 0.478 e. The molecule has 0 fully saturated rings. The van der Waals surface area contributed by atoms with E-state index in [-0.39, 0.29) is 18.1 Å². The molecule has 23 heavy (non-hydrogen) atoms. The molecule has 0 saturated carbocycles. The second-order valence-corrected chi connectivity index (χ2v) is 5.45. The number of benzene rings is 2. The van der Waals surface area contributed by atoms with Crippen LogP contribution in [0, 0.1) is 6.92 Å². The van der Waals surface area contributed by atoms with Crippen LogP contribution in [-0.4, -0.2) is 30.7 Å². The fourth-order valence-corrected chi connectivity index (χ4v) is 2.08. The average molecular weight is 333 g/mol. The van der Waals surface area contributed by atoms with Gasteiger partial charge >= 0.3 is 11.9 Å². The van der Waals surface area contributed by atoms with Crippen LogP contribution in [-0.2, 0) is 9.53 Å². The fraction of sp³-hybridized carbons (Fsp3) is 0.176. The standard InChI is InChI=1S/C10H11NO4S.C7H8/c1-15-9(12)6-11-16-8-4-2-7(3-5-8)10(13)14;1-7-5-3-2-4-6-7/h2-5,11H,6H2,1H3,(H,13,14);2-6H,1H3. The molecule has 2 aromatic carbocycles. The number of methoxy groups -OCH3 is 1. The molecule has 0 bridgehead atoms. The Morgan fingerprint density at radius 2 is 1.70 bits per heavy atom. The molecule has 0 heterocycles. The molecule has 2 aromatic rings. The van der Waals surface area contributed by atoms with E-state index in [1.54, 1.807) is 12.1 Å². The second-order valence-electron chi connectivity index (χ2n) is 4.48. The molecule has 0 aliphatic carbocycles. The molecule has 0 aromatic heterocycles. The van der Waals surface area contributed by atoms with Crippen molar-refractivity contribution in [2.45, 2.75) is 11.8 Å². The maximum Gasteiger partial charge on any atom is 0.335 e. The van der Waals surface area contributed by atoms with Crippen LogP contribution in [0.3, 0.4) is 0 Å². The Hall–Kier alpha value is -2.31. The molecule has 0 radical (unpaired) electrons. The summed E-state index contributed by atoms with van der Waals surface area (Å²) in [7, 11) is 1.32. The van der Waals surface area contributed by atoms with Crippen LogP contribution in [0.25, 0.3) is 0 Å². The zero-order valence-electron chi connectivity index (χ0n) is 13.0. The minimum atomic E-state index is -0.959. The van der Waals surface area contributed by atoms with Gasteiger partial charge in [0.1, 0.15) is 6.54 Å². The lowest BCUT2D eigenvalue weighted by Gasteiger charge is -2.02. The monoisotopic (exact) mass is 333 g/mol. The summed E-state index contributed by atoms with van der Waals surface area (Å²) in [4.78, 5) is 22.2. The number of hydrogen-bond acceptors (Lipinski definition) is 5. The lowest BCUT2D eigenvalue weighted by molar-refractivity contribution is -0.139. The van der Waals surface area contributed by atoms with Crippen molar-refractivity contribution in [3.63, 3.8) is 0 Å². The third kappa shape index (κ3) is 8.04. The molecule has 5 nitrogen and oxygen atoms in total. The number of carbonyl (C=O) groups excluding carboxylic acids is 1. The van der Waals surface area contributed by atoms with Crippen LogP contribution in [0.15, 0.2) is 59.5 Å². The van der Waals surface area contributed by atoms with E-state index in [0.717, 1.165) is 4.90 Å². The number of hydrogen-bond donors (Lipinski definition) is 2. The number of carboxylic acids is 1. The fourth-order valence-electron chi connectivity index (χ4n) is 1.45. The average Bonchev–Trinajstić information content (AvgIpc) is 2.56. The first-order valence-corrected chi connectivity index (χ1v) is 7.66. The third-order valence-corrected chi connectivity index (χ3v) is 3.47. The summed E-state index contributed by atoms with van der Waals surface area (Å²) < 4.78 is 7.24. The second kappa shape index (κ2) is 10.4. The van der Waals surface area contributed by atoms with Gasteiger partial charge in [0.2, 0.25) is 0 Å². The Labute approximate surface area is 139 Å². The number of rotatable bonds is 5. The molecular weight excluding hydrogens is 314 g/mol. The lowest BCUT2D eigenvalue weighted by Crippen LogP contribution is -2.17. The van der Waals surface area contributed by atoms with Gasteiger partial charge in [-0.1, -0.05) is 35.9 Å². The van der Waals surface area contributed by atoms with E-state index in [1.165, 1.54) is 36.8 Å². The number of nitrogens with one attached hydrogen (secondary N) is 1.